The smallest absolute Gasteiger partial charge is 0.248 e. The number of thioether (sulfide) groups is 1. The maximum atomic E-state index is 12.5. The highest BCUT2D eigenvalue weighted by Crippen LogP contribution is 2.38. The van der Waals surface area contributed by atoms with Gasteiger partial charge in [0.05, 0.1) is 24.7 Å². The maximum absolute atomic E-state index is 12.5. The van der Waals surface area contributed by atoms with Gasteiger partial charge >= 0.3 is 0 Å². The minimum atomic E-state index is -3.02. The minimum absolute atomic E-state index is 0.0211. The van der Waals surface area contributed by atoms with Crippen LogP contribution in [0.1, 0.15) is 44.1 Å². The Morgan fingerprint density at radius 2 is 1.93 bits per heavy atom. The van der Waals surface area contributed by atoms with Crippen LogP contribution in [0.5, 0.6) is 5.75 Å². The molecule has 30 heavy (non-hydrogen) atoms. The first-order valence-corrected chi connectivity index (χ1v) is 13.5. The number of hydrogen-bond donors (Lipinski definition) is 0. The first-order chi connectivity index (χ1) is 14.4. The summed E-state index contributed by atoms with van der Waals surface area (Å²) in [5.74, 6) is 1.74. The summed E-state index contributed by atoms with van der Waals surface area (Å²) in [4.78, 5) is 19.0. The molecule has 0 spiro atoms. The van der Waals surface area contributed by atoms with Gasteiger partial charge in [-0.25, -0.2) is 8.42 Å². The van der Waals surface area contributed by atoms with E-state index in [1.807, 2.05) is 24.3 Å². The van der Waals surface area contributed by atoms with E-state index in [-0.39, 0.29) is 28.7 Å². The number of benzene rings is 1. The molecule has 1 aliphatic carbocycles. The van der Waals surface area contributed by atoms with Gasteiger partial charge in [-0.1, -0.05) is 49.6 Å². The molecule has 1 saturated carbocycles. The monoisotopic (exact) mass is 450 g/mol. The van der Waals surface area contributed by atoms with Gasteiger partial charge in [0.1, 0.15) is 5.75 Å². The Balaban J connectivity index is 1.43. The third-order valence-electron chi connectivity index (χ3n) is 6.44. The number of nitrogens with zero attached hydrogens (tertiary/aromatic N) is 2. The number of rotatable bonds is 7. The molecule has 4 rings (SSSR count). The van der Waals surface area contributed by atoms with E-state index >= 15 is 0 Å². The molecule has 8 heteroatoms. The van der Waals surface area contributed by atoms with Crippen molar-refractivity contribution in [2.45, 2.75) is 56.2 Å². The highest BCUT2D eigenvalue weighted by molar-refractivity contribution is 8.15. The van der Waals surface area contributed by atoms with Crippen molar-refractivity contribution in [1.82, 2.24) is 4.90 Å². The first kappa shape index (κ1) is 21.7. The van der Waals surface area contributed by atoms with E-state index in [1.165, 1.54) is 37.4 Å². The van der Waals surface area contributed by atoms with Crippen LogP contribution in [0.3, 0.4) is 0 Å². The minimum Gasteiger partial charge on any atom is -0.497 e. The second-order valence-corrected chi connectivity index (χ2v) is 11.9. The molecular weight excluding hydrogens is 420 g/mol. The molecule has 3 aliphatic rings. The van der Waals surface area contributed by atoms with Crippen LogP contribution in [0, 0.1) is 5.92 Å². The van der Waals surface area contributed by atoms with Gasteiger partial charge in [-0.15, -0.1) is 0 Å². The molecule has 3 fully saturated rings. The van der Waals surface area contributed by atoms with Gasteiger partial charge in [0.25, 0.3) is 0 Å². The fourth-order valence-corrected chi connectivity index (χ4v) is 8.72. The van der Waals surface area contributed by atoms with Crippen LogP contribution >= 0.6 is 11.8 Å². The number of amidine groups is 1. The normalized spacial score (nSPS) is 27.0. The molecule has 0 unspecified atom stereocenters. The van der Waals surface area contributed by atoms with Crippen LogP contribution in [0.2, 0.25) is 0 Å². The Kier molecular flexibility index (Phi) is 6.72. The van der Waals surface area contributed by atoms with Crippen molar-refractivity contribution < 1.29 is 17.9 Å². The lowest BCUT2D eigenvalue weighted by molar-refractivity contribution is -0.118. The van der Waals surface area contributed by atoms with Crippen LogP contribution < -0.4 is 4.74 Å². The molecule has 2 saturated heterocycles. The average Bonchev–Trinajstić information content (AvgIpc) is 3.40. The number of carbonyl (C=O) groups is 1. The predicted octanol–water partition coefficient (Wildman–Crippen LogP) is 3.31. The standard InChI is InChI=1S/C22H30N2O4S2/c1-28-18-9-6-17(7-10-18)12-13-24-19-14-30(26,27)15-20(19)29-22(24)23-21(25)11-8-16-4-2-3-5-16/h6-7,9-10,16,19-20H,2-5,8,11-15H2,1H3/t19-,20-/m0/s1. The summed E-state index contributed by atoms with van der Waals surface area (Å²) in [5, 5.41) is 0.692. The van der Waals surface area contributed by atoms with Crippen LogP contribution in [0.25, 0.3) is 0 Å². The zero-order chi connectivity index (χ0) is 21.1. The molecule has 2 heterocycles. The zero-order valence-electron chi connectivity index (χ0n) is 17.5. The van der Waals surface area contributed by atoms with Gasteiger partial charge in [-0.2, -0.15) is 4.99 Å². The van der Waals surface area contributed by atoms with Crippen molar-refractivity contribution in [1.29, 1.82) is 0 Å². The molecule has 0 radical (unpaired) electrons. The molecule has 1 aromatic carbocycles. The largest absolute Gasteiger partial charge is 0.497 e. The average molecular weight is 451 g/mol. The molecule has 2 aliphatic heterocycles. The van der Waals surface area contributed by atoms with E-state index in [0.717, 1.165) is 24.2 Å². The predicted molar refractivity (Wildman–Crippen MR) is 121 cm³/mol. The van der Waals surface area contributed by atoms with Crippen LogP contribution in [-0.2, 0) is 21.1 Å². The molecule has 1 amide bonds. The van der Waals surface area contributed by atoms with Crippen molar-refractivity contribution in [2.75, 3.05) is 25.2 Å². The molecule has 0 aromatic heterocycles. The van der Waals surface area contributed by atoms with Gasteiger partial charge in [-0.3, -0.25) is 4.79 Å². The van der Waals surface area contributed by atoms with Gasteiger partial charge in [0.15, 0.2) is 15.0 Å². The van der Waals surface area contributed by atoms with E-state index < -0.39 is 9.84 Å². The Hall–Kier alpha value is -1.54. The van der Waals surface area contributed by atoms with Crippen molar-refractivity contribution in [3.05, 3.63) is 29.8 Å². The van der Waals surface area contributed by atoms with Gasteiger partial charge in [0.2, 0.25) is 5.91 Å². The van der Waals surface area contributed by atoms with Crippen LogP contribution in [0.4, 0.5) is 0 Å². The number of fused-ring (bicyclic) bond motifs is 1. The highest BCUT2D eigenvalue weighted by atomic mass is 32.2. The topological polar surface area (TPSA) is 76.0 Å². The molecule has 1 aromatic rings. The fourth-order valence-electron chi connectivity index (χ4n) is 4.73. The summed E-state index contributed by atoms with van der Waals surface area (Å²) in [6.45, 7) is 0.657. The Labute approximate surface area is 183 Å². The Bertz CT molecular complexity index is 892. The number of methoxy groups -OCH3 is 1. The van der Waals surface area contributed by atoms with E-state index in [2.05, 4.69) is 9.89 Å². The van der Waals surface area contributed by atoms with Gasteiger partial charge in [0, 0.05) is 18.2 Å². The highest BCUT2D eigenvalue weighted by Gasteiger charge is 2.48. The summed E-state index contributed by atoms with van der Waals surface area (Å²) in [6.07, 6.45) is 7.20. The van der Waals surface area contributed by atoms with Crippen molar-refractivity contribution >= 4 is 32.7 Å². The summed E-state index contributed by atoms with van der Waals surface area (Å²) >= 11 is 1.48. The lowest BCUT2D eigenvalue weighted by Crippen LogP contribution is -2.39. The van der Waals surface area contributed by atoms with Crippen molar-refractivity contribution in [3.8, 4) is 5.75 Å². The number of aliphatic imine (C=N–C) groups is 1. The van der Waals surface area contributed by atoms with Gasteiger partial charge < -0.3 is 9.64 Å². The quantitative estimate of drug-likeness (QED) is 0.634. The Morgan fingerprint density at radius 1 is 1.20 bits per heavy atom. The van der Waals surface area contributed by atoms with Crippen molar-refractivity contribution in [2.24, 2.45) is 10.9 Å². The SMILES string of the molecule is COc1ccc(CCN2C(=NC(=O)CCC3CCCC3)S[C@H]3CS(=O)(=O)C[C@@H]32)cc1. The zero-order valence-corrected chi connectivity index (χ0v) is 19.1. The molecule has 0 N–H and O–H groups in total. The van der Waals surface area contributed by atoms with E-state index in [9.17, 15) is 13.2 Å². The lowest BCUT2D eigenvalue weighted by Gasteiger charge is -2.24. The summed E-state index contributed by atoms with van der Waals surface area (Å²) < 4.78 is 29.5. The summed E-state index contributed by atoms with van der Waals surface area (Å²) in [6, 6.07) is 7.82. The van der Waals surface area contributed by atoms with Crippen LogP contribution in [0.15, 0.2) is 29.3 Å². The Morgan fingerprint density at radius 3 is 2.63 bits per heavy atom. The lowest BCUT2D eigenvalue weighted by atomic mass is 10.0. The van der Waals surface area contributed by atoms with Crippen molar-refractivity contribution in [3.63, 3.8) is 0 Å². The number of sulfone groups is 1. The molecule has 6 nitrogen and oxygen atoms in total. The number of hydrogen-bond acceptors (Lipinski definition) is 5. The maximum Gasteiger partial charge on any atom is 0.248 e. The second kappa shape index (κ2) is 9.30. The third kappa shape index (κ3) is 5.19. The fraction of sp³-hybridized carbons (Fsp3) is 0.636. The van der Waals surface area contributed by atoms with E-state index in [1.54, 1.807) is 7.11 Å². The number of carbonyl (C=O) groups excluding carboxylic acids is 1. The number of amides is 1. The summed E-state index contributed by atoms with van der Waals surface area (Å²) in [5.41, 5.74) is 1.15. The second-order valence-electron chi connectivity index (χ2n) is 8.57. The van der Waals surface area contributed by atoms with E-state index in [4.69, 9.17) is 4.74 Å². The summed E-state index contributed by atoms with van der Waals surface area (Å²) in [7, 11) is -1.38. The molecule has 2 atom stereocenters. The number of ether oxygens (including phenoxy) is 1. The van der Waals surface area contributed by atoms with Crippen LogP contribution in [-0.4, -0.2) is 60.8 Å². The van der Waals surface area contributed by atoms with Gasteiger partial charge in [-0.05, 0) is 36.5 Å². The molecule has 0 bridgehead atoms. The first-order valence-electron chi connectivity index (χ1n) is 10.8. The molecule has 164 valence electrons. The van der Waals surface area contributed by atoms with E-state index in [0.29, 0.717) is 24.1 Å². The third-order valence-corrected chi connectivity index (χ3v) is 9.68. The molecular formula is C22H30N2O4S2.